The minimum Gasteiger partial charge on any atom is -0.298 e. The van der Waals surface area contributed by atoms with Crippen molar-refractivity contribution in [3.63, 3.8) is 0 Å². The third-order valence-electron chi connectivity index (χ3n) is 2.80. The van der Waals surface area contributed by atoms with Crippen molar-refractivity contribution in [3.8, 4) is 0 Å². The van der Waals surface area contributed by atoms with Gasteiger partial charge in [-0.05, 0) is 32.0 Å². The summed E-state index contributed by atoms with van der Waals surface area (Å²) < 4.78 is 1.86. The van der Waals surface area contributed by atoms with E-state index in [1.807, 2.05) is 41.2 Å². The molecule has 1 aromatic carbocycles. The number of hydrogen-bond acceptors (Lipinski definition) is 3. The van der Waals surface area contributed by atoms with Gasteiger partial charge >= 0.3 is 0 Å². The van der Waals surface area contributed by atoms with Gasteiger partial charge in [-0.25, -0.2) is 0 Å². The summed E-state index contributed by atoms with van der Waals surface area (Å²) in [4.78, 5) is 12.9. The van der Waals surface area contributed by atoms with Crippen molar-refractivity contribution in [2.24, 2.45) is 0 Å². The molecule has 0 aliphatic heterocycles. The van der Waals surface area contributed by atoms with Crippen LogP contribution in [0.15, 0.2) is 41.4 Å². The van der Waals surface area contributed by atoms with Gasteiger partial charge in [0.05, 0.1) is 22.9 Å². The molecule has 0 fully saturated rings. The Morgan fingerprint density at radius 3 is 2.75 bits per heavy atom. The molecule has 0 bridgehead atoms. The van der Waals surface area contributed by atoms with E-state index in [2.05, 4.69) is 18.9 Å². The lowest BCUT2D eigenvalue weighted by Gasteiger charge is -2.04. The van der Waals surface area contributed by atoms with E-state index in [9.17, 15) is 4.79 Å². The molecule has 3 nitrogen and oxygen atoms in total. The molecule has 0 saturated carbocycles. The van der Waals surface area contributed by atoms with Gasteiger partial charge in [-0.3, -0.25) is 9.48 Å². The number of rotatable bonds is 6. The summed E-state index contributed by atoms with van der Waals surface area (Å²) in [6.07, 6.45) is 2.28. The Kier molecular flexibility index (Phi) is 5.26. The van der Waals surface area contributed by atoms with Crippen LogP contribution in [0.2, 0.25) is 5.02 Å². The minimum atomic E-state index is 0.156. The average molecular weight is 309 g/mol. The number of carbonyl (C=O) groups excluding carboxylic acids is 1. The molecule has 0 amide bonds. The van der Waals surface area contributed by atoms with Crippen LogP contribution in [0.1, 0.15) is 25.6 Å². The zero-order valence-electron chi connectivity index (χ0n) is 11.5. The van der Waals surface area contributed by atoms with Gasteiger partial charge in [-0.15, -0.1) is 11.8 Å². The van der Waals surface area contributed by atoms with E-state index in [1.54, 1.807) is 0 Å². The Bertz CT molecular complexity index is 595. The molecule has 106 valence electrons. The van der Waals surface area contributed by atoms with Crippen molar-refractivity contribution in [1.29, 1.82) is 0 Å². The zero-order valence-corrected chi connectivity index (χ0v) is 13.1. The predicted octanol–water partition coefficient (Wildman–Crippen LogP) is 4.02. The molecule has 1 heterocycles. The Balaban J connectivity index is 1.88. The van der Waals surface area contributed by atoms with Crippen LogP contribution in [0.25, 0.3) is 0 Å². The van der Waals surface area contributed by atoms with Crippen molar-refractivity contribution in [2.45, 2.75) is 31.2 Å². The Hall–Kier alpha value is -1.26. The molecule has 2 aromatic rings. The highest BCUT2D eigenvalue weighted by atomic mass is 35.5. The lowest BCUT2D eigenvalue weighted by molar-refractivity contribution is -0.116. The van der Waals surface area contributed by atoms with Crippen molar-refractivity contribution in [2.75, 3.05) is 5.75 Å². The van der Waals surface area contributed by atoms with E-state index in [0.29, 0.717) is 23.2 Å². The van der Waals surface area contributed by atoms with E-state index < -0.39 is 0 Å². The molecule has 0 N–H and O–H groups in total. The molecule has 0 spiro atoms. The third-order valence-corrected chi connectivity index (χ3v) is 4.37. The molecule has 20 heavy (non-hydrogen) atoms. The fourth-order valence-electron chi connectivity index (χ4n) is 1.73. The summed E-state index contributed by atoms with van der Waals surface area (Å²) in [6, 6.07) is 9.77. The van der Waals surface area contributed by atoms with Gasteiger partial charge < -0.3 is 0 Å². The lowest BCUT2D eigenvalue weighted by Crippen LogP contribution is -2.08. The summed E-state index contributed by atoms with van der Waals surface area (Å²) in [7, 11) is 0. The van der Waals surface area contributed by atoms with Crippen molar-refractivity contribution in [1.82, 2.24) is 9.78 Å². The highest BCUT2D eigenvalue weighted by Gasteiger charge is 2.09. The second kappa shape index (κ2) is 6.95. The lowest BCUT2D eigenvalue weighted by atomic mass is 10.2. The van der Waals surface area contributed by atoms with Gasteiger partial charge in [0.25, 0.3) is 0 Å². The number of aromatic nitrogens is 2. The number of halogens is 1. The molecule has 0 saturated heterocycles. The first kappa shape index (κ1) is 15.1. The first-order valence-corrected chi connectivity index (χ1v) is 7.85. The molecule has 1 aromatic heterocycles. The molecular formula is C15H17ClN2OS. The highest BCUT2D eigenvalue weighted by Crippen LogP contribution is 2.26. The van der Waals surface area contributed by atoms with Crippen molar-refractivity contribution in [3.05, 3.63) is 47.2 Å². The van der Waals surface area contributed by atoms with Crippen LogP contribution in [0.4, 0.5) is 0 Å². The summed E-state index contributed by atoms with van der Waals surface area (Å²) in [6.45, 7) is 4.12. The molecule has 0 aliphatic rings. The van der Waals surface area contributed by atoms with Gasteiger partial charge in [0, 0.05) is 17.1 Å². The molecular weight excluding hydrogens is 292 g/mol. The Morgan fingerprint density at radius 1 is 1.35 bits per heavy atom. The monoisotopic (exact) mass is 308 g/mol. The number of Topliss-reactive ketones (excluding diaryl/α,β-unsaturated/α-hetero) is 1. The number of thioether (sulfide) groups is 1. The van der Waals surface area contributed by atoms with Gasteiger partial charge in [0.1, 0.15) is 5.78 Å². The number of nitrogens with zero attached hydrogens (tertiary/aromatic N) is 2. The zero-order chi connectivity index (χ0) is 14.5. The number of benzene rings is 1. The van der Waals surface area contributed by atoms with Crippen LogP contribution >= 0.6 is 23.4 Å². The summed E-state index contributed by atoms with van der Waals surface area (Å²) in [5.74, 6) is 0.571. The van der Waals surface area contributed by atoms with E-state index in [4.69, 9.17) is 11.6 Å². The fraction of sp³-hybridized carbons (Fsp3) is 0.333. The molecule has 5 heteroatoms. The Labute approximate surface area is 128 Å². The smallest absolute Gasteiger partial charge is 0.149 e. The molecule has 0 aliphatic carbocycles. The predicted molar refractivity (Wildman–Crippen MR) is 83.5 cm³/mol. The number of carbonyl (C=O) groups is 1. The van der Waals surface area contributed by atoms with E-state index in [-0.39, 0.29) is 5.78 Å². The maximum absolute atomic E-state index is 12.0. The first-order valence-electron chi connectivity index (χ1n) is 6.49. The highest BCUT2D eigenvalue weighted by molar-refractivity contribution is 8.00. The molecule has 0 radical (unpaired) electrons. The van der Waals surface area contributed by atoms with E-state index in [0.717, 1.165) is 10.6 Å². The van der Waals surface area contributed by atoms with Gasteiger partial charge in [-0.1, -0.05) is 23.7 Å². The van der Waals surface area contributed by atoms with Crippen molar-refractivity contribution >= 4 is 29.1 Å². The van der Waals surface area contributed by atoms with Crippen LogP contribution in [-0.2, 0) is 11.2 Å². The largest absolute Gasteiger partial charge is 0.298 e. The minimum absolute atomic E-state index is 0.156. The second-order valence-electron chi connectivity index (χ2n) is 4.82. The van der Waals surface area contributed by atoms with Crippen LogP contribution in [0.5, 0.6) is 0 Å². The first-order chi connectivity index (χ1) is 9.56. The van der Waals surface area contributed by atoms with Crippen LogP contribution in [0, 0.1) is 0 Å². The van der Waals surface area contributed by atoms with E-state index >= 15 is 0 Å². The van der Waals surface area contributed by atoms with E-state index in [1.165, 1.54) is 11.8 Å². The maximum atomic E-state index is 12.0. The average Bonchev–Trinajstić information content (AvgIpc) is 2.86. The summed E-state index contributed by atoms with van der Waals surface area (Å²) >= 11 is 7.53. The fourth-order valence-corrected chi connectivity index (χ4v) is 2.83. The molecule has 0 unspecified atom stereocenters. The van der Waals surface area contributed by atoms with Crippen LogP contribution in [0.3, 0.4) is 0 Å². The van der Waals surface area contributed by atoms with Gasteiger partial charge in [0.15, 0.2) is 0 Å². The summed E-state index contributed by atoms with van der Waals surface area (Å²) in [5, 5.41) is 5.07. The topological polar surface area (TPSA) is 34.9 Å². The number of ketones is 1. The summed E-state index contributed by atoms with van der Waals surface area (Å²) in [5.41, 5.74) is 0.823. The van der Waals surface area contributed by atoms with Crippen LogP contribution < -0.4 is 0 Å². The SMILES string of the molecule is CC(C)n1ccc(CC(=O)CSc2ccccc2Cl)n1. The van der Waals surface area contributed by atoms with Crippen molar-refractivity contribution < 1.29 is 4.79 Å². The van der Waals surface area contributed by atoms with Gasteiger partial charge in [0.2, 0.25) is 0 Å². The Morgan fingerprint density at radius 2 is 2.10 bits per heavy atom. The third kappa shape index (κ3) is 4.12. The normalized spacial score (nSPS) is 11.0. The molecule has 2 rings (SSSR count). The molecule has 0 atom stereocenters. The maximum Gasteiger partial charge on any atom is 0.149 e. The second-order valence-corrected chi connectivity index (χ2v) is 6.24. The van der Waals surface area contributed by atoms with Crippen LogP contribution in [-0.4, -0.2) is 21.3 Å². The number of hydrogen-bond donors (Lipinski definition) is 0. The van der Waals surface area contributed by atoms with Gasteiger partial charge in [-0.2, -0.15) is 5.10 Å². The quantitative estimate of drug-likeness (QED) is 0.756. The standard InChI is InChI=1S/C15H17ClN2OS/c1-11(2)18-8-7-12(17-18)9-13(19)10-20-15-6-4-3-5-14(15)16/h3-8,11H,9-10H2,1-2H3.